The predicted molar refractivity (Wildman–Crippen MR) is 144 cm³/mol. The van der Waals surface area contributed by atoms with E-state index in [1.54, 1.807) is 0 Å². The maximum atomic E-state index is 6.40. The van der Waals surface area contributed by atoms with Crippen molar-refractivity contribution in [1.29, 1.82) is 0 Å². The van der Waals surface area contributed by atoms with Crippen LogP contribution in [0.1, 0.15) is 30.0 Å². The van der Waals surface area contributed by atoms with Gasteiger partial charge in [0.2, 0.25) is 0 Å². The minimum atomic E-state index is -0.0836. The second kappa shape index (κ2) is 10.4. The Morgan fingerprint density at radius 3 is 2.53 bits per heavy atom. The van der Waals surface area contributed by atoms with Gasteiger partial charge in [0, 0.05) is 35.0 Å². The second-order valence-electron chi connectivity index (χ2n) is 8.18. The van der Waals surface area contributed by atoms with Gasteiger partial charge in [-0.15, -0.1) is 0 Å². The van der Waals surface area contributed by atoms with Gasteiger partial charge in [0.1, 0.15) is 17.6 Å². The molecule has 2 aromatic carbocycles. The number of thiocarbonyl (C=S) groups is 1. The molecule has 172 valence electrons. The Morgan fingerprint density at radius 2 is 1.76 bits per heavy atom. The number of pyridine rings is 1. The largest absolute Gasteiger partial charge is 0.459 e. The Kier molecular flexibility index (Phi) is 6.92. The number of aromatic nitrogens is 1. The third-order valence-corrected chi connectivity index (χ3v) is 6.80. The van der Waals surface area contributed by atoms with Crippen LogP contribution in [0.3, 0.4) is 0 Å². The number of furan rings is 1. The van der Waals surface area contributed by atoms with E-state index >= 15 is 0 Å². The van der Waals surface area contributed by atoms with E-state index in [4.69, 9.17) is 16.6 Å². The smallest absolute Gasteiger partial charge is 0.170 e. The lowest BCUT2D eigenvalue weighted by Gasteiger charge is -2.26. The highest BCUT2D eigenvalue weighted by atomic mass is 79.9. The topological polar surface area (TPSA) is 53.3 Å². The van der Waals surface area contributed by atoms with Gasteiger partial charge in [-0.05, 0) is 67.2 Å². The molecule has 3 heterocycles. The van der Waals surface area contributed by atoms with Gasteiger partial charge in [-0.25, -0.2) is 0 Å². The zero-order valence-corrected chi connectivity index (χ0v) is 20.9. The van der Waals surface area contributed by atoms with Crippen molar-refractivity contribution in [2.45, 2.75) is 18.5 Å². The van der Waals surface area contributed by atoms with Crippen LogP contribution in [0.2, 0.25) is 0 Å². The SMILES string of the molecule is S=C1NC(c2ccccn2)C(c2ccc(-c3ccc(Br)cc3)o2)N1CCCNc1ccccc1. The highest BCUT2D eigenvalue weighted by Crippen LogP contribution is 2.40. The minimum Gasteiger partial charge on any atom is -0.459 e. The molecule has 4 aromatic rings. The summed E-state index contributed by atoms with van der Waals surface area (Å²) in [5.74, 6) is 1.71. The first-order valence-corrected chi connectivity index (χ1v) is 12.5. The van der Waals surface area contributed by atoms with Gasteiger partial charge in [0.15, 0.2) is 5.11 Å². The number of rotatable bonds is 8. The van der Waals surface area contributed by atoms with Crippen molar-refractivity contribution in [3.63, 3.8) is 0 Å². The molecule has 0 radical (unpaired) electrons. The highest BCUT2D eigenvalue weighted by Gasteiger charge is 2.41. The van der Waals surface area contributed by atoms with Crippen molar-refractivity contribution in [3.8, 4) is 11.3 Å². The van der Waals surface area contributed by atoms with E-state index in [2.05, 4.69) is 54.6 Å². The van der Waals surface area contributed by atoms with Crippen LogP contribution < -0.4 is 10.6 Å². The van der Waals surface area contributed by atoms with Gasteiger partial charge >= 0.3 is 0 Å². The molecular formula is C27H25BrN4OS. The van der Waals surface area contributed by atoms with Gasteiger partial charge in [0.05, 0.1) is 11.7 Å². The molecule has 0 spiro atoms. The molecule has 0 bridgehead atoms. The molecular weight excluding hydrogens is 508 g/mol. The molecule has 7 heteroatoms. The van der Waals surface area contributed by atoms with E-state index in [-0.39, 0.29) is 12.1 Å². The minimum absolute atomic E-state index is 0.0803. The van der Waals surface area contributed by atoms with Crippen molar-refractivity contribution in [1.82, 2.24) is 15.2 Å². The lowest BCUT2D eigenvalue weighted by Crippen LogP contribution is -2.31. The molecule has 1 aliphatic heterocycles. The predicted octanol–water partition coefficient (Wildman–Crippen LogP) is 6.58. The fourth-order valence-corrected chi connectivity index (χ4v) is 4.87. The zero-order chi connectivity index (χ0) is 23.3. The molecule has 2 aromatic heterocycles. The second-order valence-corrected chi connectivity index (χ2v) is 9.48. The maximum absolute atomic E-state index is 6.40. The average molecular weight is 533 g/mol. The van der Waals surface area contributed by atoms with Crippen LogP contribution in [-0.4, -0.2) is 28.1 Å². The highest BCUT2D eigenvalue weighted by molar-refractivity contribution is 9.10. The maximum Gasteiger partial charge on any atom is 0.170 e. The Bertz CT molecular complexity index is 1230. The first-order chi connectivity index (χ1) is 16.7. The van der Waals surface area contributed by atoms with Crippen LogP contribution in [0, 0.1) is 0 Å². The van der Waals surface area contributed by atoms with Gasteiger partial charge in [-0.1, -0.05) is 52.3 Å². The molecule has 2 N–H and O–H groups in total. The molecule has 5 nitrogen and oxygen atoms in total. The van der Waals surface area contributed by atoms with Crippen molar-refractivity contribution in [2.24, 2.45) is 0 Å². The summed E-state index contributed by atoms with van der Waals surface area (Å²) in [6, 6.07) is 28.3. The van der Waals surface area contributed by atoms with Gasteiger partial charge < -0.3 is 20.0 Å². The quantitative estimate of drug-likeness (QED) is 0.197. The molecule has 0 amide bonds. The number of anilines is 1. The molecule has 1 fully saturated rings. The lowest BCUT2D eigenvalue weighted by molar-refractivity contribution is 0.274. The summed E-state index contributed by atoms with van der Waals surface area (Å²) < 4.78 is 7.44. The van der Waals surface area contributed by atoms with Gasteiger partial charge in [-0.3, -0.25) is 4.98 Å². The number of nitrogens with zero attached hydrogens (tertiary/aromatic N) is 2. The Hall–Kier alpha value is -3.16. The van der Waals surface area contributed by atoms with Crippen LogP contribution in [0.25, 0.3) is 11.3 Å². The average Bonchev–Trinajstić information content (AvgIpc) is 3.48. The van der Waals surface area contributed by atoms with Crippen LogP contribution >= 0.6 is 28.1 Å². The van der Waals surface area contributed by atoms with E-state index in [9.17, 15) is 0 Å². The van der Waals surface area contributed by atoms with E-state index in [0.29, 0.717) is 0 Å². The first kappa shape index (κ1) is 22.6. The molecule has 34 heavy (non-hydrogen) atoms. The summed E-state index contributed by atoms with van der Waals surface area (Å²) in [5, 5.41) is 7.70. The van der Waals surface area contributed by atoms with Crippen LogP contribution in [0.4, 0.5) is 5.69 Å². The third kappa shape index (κ3) is 5.00. The third-order valence-electron chi connectivity index (χ3n) is 5.92. The van der Waals surface area contributed by atoms with Crippen LogP contribution in [-0.2, 0) is 0 Å². The van der Waals surface area contributed by atoms with E-state index in [1.165, 1.54) is 0 Å². The molecule has 1 saturated heterocycles. The fourth-order valence-electron chi connectivity index (χ4n) is 4.27. The van der Waals surface area contributed by atoms with Gasteiger partial charge in [0.25, 0.3) is 0 Å². The van der Waals surface area contributed by atoms with Crippen molar-refractivity contribution < 1.29 is 4.42 Å². The van der Waals surface area contributed by atoms with Crippen molar-refractivity contribution in [3.05, 3.63) is 107 Å². The standard InChI is InChI=1S/C27H25BrN4OS/c28-20-12-10-19(11-13-20)23-14-15-24(33-23)26-25(22-9-4-5-16-30-22)31-27(34)32(26)18-6-17-29-21-7-2-1-3-8-21/h1-5,7-16,25-26,29H,6,17-18H2,(H,31,34). The van der Waals surface area contributed by atoms with Crippen molar-refractivity contribution in [2.75, 3.05) is 18.4 Å². The van der Waals surface area contributed by atoms with Crippen LogP contribution in [0.5, 0.6) is 0 Å². The number of nitrogens with one attached hydrogen (secondary N) is 2. The normalized spacial score (nSPS) is 17.6. The summed E-state index contributed by atoms with van der Waals surface area (Å²) in [6.07, 6.45) is 2.75. The number of para-hydroxylation sites is 1. The summed E-state index contributed by atoms with van der Waals surface area (Å²) in [4.78, 5) is 6.84. The Labute approximate surface area is 213 Å². The molecule has 0 saturated carbocycles. The molecule has 2 unspecified atom stereocenters. The van der Waals surface area contributed by atoms with E-state index in [1.807, 2.05) is 72.9 Å². The summed E-state index contributed by atoms with van der Waals surface area (Å²) in [6.45, 7) is 1.65. The number of halogens is 1. The lowest BCUT2D eigenvalue weighted by atomic mass is 10.0. The number of hydrogen-bond acceptors (Lipinski definition) is 4. The summed E-state index contributed by atoms with van der Waals surface area (Å²) in [7, 11) is 0. The van der Waals surface area contributed by atoms with E-state index < -0.39 is 0 Å². The summed E-state index contributed by atoms with van der Waals surface area (Å²) >= 11 is 9.27. The molecule has 1 aliphatic rings. The van der Waals surface area contributed by atoms with Crippen LogP contribution in [0.15, 0.2) is 100 Å². The molecule has 2 atom stereocenters. The van der Waals surface area contributed by atoms with Gasteiger partial charge in [-0.2, -0.15) is 0 Å². The monoisotopic (exact) mass is 532 g/mol. The Morgan fingerprint density at radius 1 is 0.971 bits per heavy atom. The zero-order valence-electron chi connectivity index (χ0n) is 18.5. The Balaban J connectivity index is 1.37. The summed E-state index contributed by atoms with van der Waals surface area (Å²) in [5.41, 5.74) is 3.11. The van der Waals surface area contributed by atoms with E-state index in [0.717, 1.165) is 57.6 Å². The van der Waals surface area contributed by atoms with Crippen molar-refractivity contribution >= 4 is 38.9 Å². The number of benzene rings is 2. The fraction of sp³-hybridized carbons (Fsp3) is 0.185. The molecule has 0 aliphatic carbocycles. The molecule has 5 rings (SSSR count). The first-order valence-electron chi connectivity index (χ1n) is 11.3. The number of hydrogen-bond donors (Lipinski definition) is 2.